The van der Waals surface area contributed by atoms with Gasteiger partial charge in [0.1, 0.15) is 6.54 Å². The second-order valence-electron chi connectivity index (χ2n) is 6.78. The van der Waals surface area contributed by atoms with Crippen LogP contribution in [0, 0.1) is 0 Å². The van der Waals surface area contributed by atoms with Crippen molar-refractivity contribution >= 4 is 11.9 Å². The molecule has 2 aliphatic carbocycles. The number of fused-ring (bicyclic) bond motifs is 2. The van der Waals surface area contributed by atoms with Gasteiger partial charge in [0.15, 0.2) is 0 Å². The fraction of sp³-hybridized carbons (Fsp3) is 0.529. The van der Waals surface area contributed by atoms with Crippen LogP contribution in [-0.2, 0) is 14.9 Å². The van der Waals surface area contributed by atoms with E-state index in [1.165, 1.54) is 12.0 Å². The number of ether oxygens (including phenoxy) is 1. The average Bonchev–Trinajstić information content (AvgIpc) is 3.42. The monoisotopic (exact) mass is 321 g/mol. The van der Waals surface area contributed by atoms with E-state index in [9.17, 15) is 18.4 Å². The highest BCUT2D eigenvalue weighted by atomic mass is 19.3. The van der Waals surface area contributed by atoms with Crippen molar-refractivity contribution in [2.45, 2.75) is 36.5 Å². The van der Waals surface area contributed by atoms with E-state index < -0.39 is 17.3 Å². The molecule has 0 bridgehead atoms. The Bertz CT molecular complexity index is 714. The van der Waals surface area contributed by atoms with Crippen LogP contribution in [-0.4, -0.2) is 42.9 Å². The van der Waals surface area contributed by atoms with Crippen molar-refractivity contribution in [1.29, 1.82) is 0 Å². The van der Waals surface area contributed by atoms with Gasteiger partial charge in [0.05, 0.1) is 12.5 Å². The molecule has 1 aromatic rings. The molecule has 4 rings (SSSR count). The third kappa shape index (κ3) is 2.07. The normalized spacial score (nSPS) is 27.8. The number of esters is 1. The van der Waals surface area contributed by atoms with Gasteiger partial charge in [0.2, 0.25) is 0 Å². The van der Waals surface area contributed by atoms with Gasteiger partial charge in [-0.1, -0.05) is 12.1 Å². The highest BCUT2D eigenvalue weighted by Crippen LogP contribution is 2.64. The van der Waals surface area contributed by atoms with Crippen LogP contribution in [0.1, 0.15) is 46.7 Å². The Balaban J connectivity index is 1.76. The first-order valence-corrected chi connectivity index (χ1v) is 7.76. The van der Waals surface area contributed by atoms with E-state index in [0.717, 1.165) is 18.4 Å². The van der Waals surface area contributed by atoms with Gasteiger partial charge >= 0.3 is 5.97 Å². The van der Waals surface area contributed by atoms with Crippen molar-refractivity contribution in [3.8, 4) is 0 Å². The average molecular weight is 321 g/mol. The summed E-state index contributed by atoms with van der Waals surface area (Å²) in [7, 11) is 1.22. The number of amides is 1. The molecule has 4 nitrogen and oxygen atoms in total. The maximum atomic E-state index is 14.2. The number of hydrogen-bond donors (Lipinski definition) is 0. The van der Waals surface area contributed by atoms with Gasteiger partial charge in [-0.25, -0.2) is 8.78 Å². The van der Waals surface area contributed by atoms with Crippen molar-refractivity contribution in [3.05, 3.63) is 34.9 Å². The third-order valence-electron chi connectivity index (χ3n) is 5.23. The van der Waals surface area contributed by atoms with Crippen LogP contribution in [0.4, 0.5) is 8.78 Å². The summed E-state index contributed by atoms with van der Waals surface area (Å²) in [5.41, 5.74) is 0.453. The molecule has 3 aliphatic rings. The third-order valence-corrected chi connectivity index (χ3v) is 5.23. The number of halogens is 2. The highest BCUT2D eigenvalue weighted by molar-refractivity contribution is 5.99. The zero-order chi connectivity index (χ0) is 16.4. The first-order valence-electron chi connectivity index (χ1n) is 7.76. The van der Waals surface area contributed by atoms with Crippen LogP contribution < -0.4 is 0 Å². The standard InChI is InChI=1S/C17H17F2NO3/c1-23-14(21)7-20-9-16(8-17(16,18)19)13-6-11(10-2-3-10)4-5-12(13)15(20)22/h4-6,10H,2-3,7-9H2,1H3. The summed E-state index contributed by atoms with van der Waals surface area (Å²) in [6.07, 6.45) is 1.88. The Hall–Kier alpha value is -1.98. The Morgan fingerprint density at radius 3 is 2.65 bits per heavy atom. The number of rotatable bonds is 3. The Morgan fingerprint density at radius 2 is 2.09 bits per heavy atom. The largest absolute Gasteiger partial charge is 0.468 e. The van der Waals surface area contributed by atoms with Gasteiger partial charge in [0, 0.05) is 18.5 Å². The fourth-order valence-electron chi connectivity index (χ4n) is 3.61. The van der Waals surface area contributed by atoms with E-state index >= 15 is 0 Å². The molecule has 0 N–H and O–H groups in total. The number of carbonyl (C=O) groups is 2. The second kappa shape index (κ2) is 4.52. The maximum absolute atomic E-state index is 14.2. The van der Waals surface area contributed by atoms with Crippen LogP contribution >= 0.6 is 0 Å². The molecule has 1 spiro atoms. The van der Waals surface area contributed by atoms with E-state index in [1.54, 1.807) is 12.1 Å². The van der Waals surface area contributed by atoms with Gasteiger partial charge in [-0.3, -0.25) is 9.59 Å². The molecule has 6 heteroatoms. The summed E-state index contributed by atoms with van der Waals surface area (Å²) in [5.74, 6) is -3.37. The van der Waals surface area contributed by atoms with Crippen molar-refractivity contribution < 1.29 is 23.1 Å². The number of benzene rings is 1. The molecule has 0 aromatic heterocycles. The molecule has 23 heavy (non-hydrogen) atoms. The van der Waals surface area contributed by atoms with E-state index in [1.807, 2.05) is 6.07 Å². The van der Waals surface area contributed by atoms with Crippen LogP contribution in [0.2, 0.25) is 0 Å². The summed E-state index contributed by atoms with van der Waals surface area (Å²) in [4.78, 5) is 25.2. The fourth-order valence-corrected chi connectivity index (χ4v) is 3.61. The van der Waals surface area contributed by atoms with Crippen LogP contribution in [0.25, 0.3) is 0 Å². The smallest absolute Gasteiger partial charge is 0.325 e. The van der Waals surface area contributed by atoms with Gasteiger partial charge < -0.3 is 9.64 Å². The molecule has 0 saturated heterocycles. The molecule has 1 aromatic carbocycles. The van der Waals surface area contributed by atoms with E-state index in [4.69, 9.17) is 0 Å². The quantitative estimate of drug-likeness (QED) is 0.804. The second-order valence-corrected chi connectivity index (χ2v) is 6.78. The van der Waals surface area contributed by atoms with Crippen LogP contribution in [0.3, 0.4) is 0 Å². The van der Waals surface area contributed by atoms with Crippen molar-refractivity contribution in [3.63, 3.8) is 0 Å². The minimum atomic E-state index is -2.83. The van der Waals surface area contributed by atoms with Crippen LogP contribution in [0.5, 0.6) is 0 Å². The molecule has 1 aliphatic heterocycles. The Kier molecular flexibility index (Phi) is 2.87. The molecule has 2 fully saturated rings. The molecule has 0 radical (unpaired) electrons. The zero-order valence-electron chi connectivity index (χ0n) is 12.8. The Morgan fingerprint density at radius 1 is 1.39 bits per heavy atom. The summed E-state index contributed by atoms with van der Waals surface area (Å²) >= 11 is 0. The first-order chi connectivity index (χ1) is 10.9. The molecule has 1 unspecified atom stereocenters. The van der Waals surface area contributed by atoms with Crippen LogP contribution in [0.15, 0.2) is 18.2 Å². The predicted molar refractivity (Wildman–Crippen MR) is 77.6 cm³/mol. The topological polar surface area (TPSA) is 46.6 Å². The summed E-state index contributed by atoms with van der Waals surface area (Å²) in [6, 6.07) is 5.29. The molecule has 1 heterocycles. The first kappa shape index (κ1) is 14.6. The summed E-state index contributed by atoms with van der Waals surface area (Å²) in [5, 5.41) is 0. The molecule has 2 saturated carbocycles. The lowest BCUT2D eigenvalue weighted by Gasteiger charge is -2.34. The summed E-state index contributed by atoms with van der Waals surface area (Å²) < 4.78 is 32.9. The van der Waals surface area contributed by atoms with Gasteiger partial charge in [-0.2, -0.15) is 0 Å². The minimum Gasteiger partial charge on any atom is -0.468 e. The SMILES string of the molecule is COC(=O)CN1CC2(CC2(F)F)c2cc(C3CC3)ccc2C1=O. The lowest BCUT2D eigenvalue weighted by molar-refractivity contribution is -0.141. The van der Waals surface area contributed by atoms with Crippen molar-refractivity contribution in [2.75, 3.05) is 20.2 Å². The lowest BCUT2D eigenvalue weighted by Crippen LogP contribution is -2.47. The van der Waals surface area contributed by atoms with E-state index in [2.05, 4.69) is 4.74 Å². The van der Waals surface area contributed by atoms with E-state index in [-0.39, 0.29) is 25.4 Å². The number of hydrogen-bond acceptors (Lipinski definition) is 3. The number of alkyl halides is 2. The highest BCUT2D eigenvalue weighted by Gasteiger charge is 2.74. The minimum absolute atomic E-state index is 0.130. The number of methoxy groups -OCH3 is 1. The van der Waals surface area contributed by atoms with Crippen molar-refractivity contribution in [1.82, 2.24) is 4.90 Å². The molecule has 1 atom stereocenters. The number of nitrogens with zero attached hydrogens (tertiary/aromatic N) is 1. The summed E-state index contributed by atoms with van der Waals surface area (Å²) in [6.45, 7) is -0.425. The zero-order valence-corrected chi connectivity index (χ0v) is 12.8. The maximum Gasteiger partial charge on any atom is 0.325 e. The molecular formula is C17H17F2NO3. The van der Waals surface area contributed by atoms with Gasteiger partial charge in [0.25, 0.3) is 11.8 Å². The molecule has 1 amide bonds. The number of carbonyl (C=O) groups excluding carboxylic acids is 2. The molecular weight excluding hydrogens is 304 g/mol. The van der Waals surface area contributed by atoms with Crippen molar-refractivity contribution in [2.24, 2.45) is 0 Å². The van der Waals surface area contributed by atoms with Gasteiger partial charge in [-0.05, 0) is 36.0 Å². The lowest BCUT2D eigenvalue weighted by atomic mass is 9.84. The Labute approximate surface area is 132 Å². The van der Waals surface area contributed by atoms with E-state index in [0.29, 0.717) is 17.0 Å². The molecule has 122 valence electrons. The van der Waals surface area contributed by atoms with Gasteiger partial charge in [-0.15, -0.1) is 0 Å². The predicted octanol–water partition coefficient (Wildman–Crippen LogP) is 2.47.